The van der Waals surface area contributed by atoms with Gasteiger partial charge in [-0.15, -0.1) is 0 Å². The van der Waals surface area contributed by atoms with E-state index in [1.165, 1.54) is 0 Å². The van der Waals surface area contributed by atoms with Crippen LogP contribution in [-0.2, 0) is 4.79 Å². The van der Waals surface area contributed by atoms with Gasteiger partial charge in [-0.1, -0.05) is 12.1 Å². The Kier molecular flexibility index (Phi) is 4.68. The number of urea groups is 1. The van der Waals surface area contributed by atoms with E-state index in [0.717, 1.165) is 16.8 Å². The van der Waals surface area contributed by atoms with Crippen LogP contribution in [0.1, 0.15) is 38.8 Å². The molecule has 0 bridgehead atoms. The zero-order chi connectivity index (χ0) is 17.4. The van der Waals surface area contributed by atoms with E-state index in [1.807, 2.05) is 52.8 Å². The van der Waals surface area contributed by atoms with Crippen LogP contribution in [0.15, 0.2) is 18.2 Å². The van der Waals surface area contributed by atoms with Crippen molar-refractivity contribution >= 4 is 17.6 Å². The minimum atomic E-state index is -0.467. The van der Waals surface area contributed by atoms with Gasteiger partial charge in [0.1, 0.15) is 6.04 Å². The Morgan fingerprint density at radius 2 is 1.87 bits per heavy atom. The summed E-state index contributed by atoms with van der Waals surface area (Å²) in [5.74, 6) is -0.0333. The SMILES string of the molecule is Cc1cccc(N2CCN(C(=O)NC(C)(C)C)[C@H](C)C2=O)c1C. The normalized spacial score (nSPS) is 19.0. The van der Waals surface area contributed by atoms with Gasteiger partial charge in [0.25, 0.3) is 0 Å². The van der Waals surface area contributed by atoms with E-state index in [2.05, 4.69) is 5.32 Å². The first-order valence-electron chi connectivity index (χ1n) is 8.08. The van der Waals surface area contributed by atoms with Crippen molar-refractivity contribution in [2.24, 2.45) is 0 Å². The molecule has 1 aromatic rings. The lowest BCUT2D eigenvalue weighted by Gasteiger charge is -2.40. The highest BCUT2D eigenvalue weighted by atomic mass is 16.2. The van der Waals surface area contributed by atoms with E-state index in [9.17, 15) is 9.59 Å². The van der Waals surface area contributed by atoms with Crippen LogP contribution in [-0.4, -0.2) is 41.5 Å². The van der Waals surface area contributed by atoms with Gasteiger partial charge in [-0.3, -0.25) is 4.79 Å². The van der Waals surface area contributed by atoms with Crippen LogP contribution < -0.4 is 10.2 Å². The van der Waals surface area contributed by atoms with Crippen LogP contribution >= 0.6 is 0 Å². The Balaban J connectivity index is 2.19. The van der Waals surface area contributed by atoms with Gasteiger partial charge < -0.3 is 15.1 Å². The maximum absolute atomic E-state index is 12.8. The molecule has 0 aliphatic carbocycles. The number of rotatable bonds is 1. The third-order valence-corrected chi connectivity index (χ3v) is 4.27. The van der Waals surface area contributed by atoms with Crippen molar-refractivity contribution in [2.75, 3.05) is 18.0 Å². The summed E-state index contributed by atoms with van der Waals surface area (Å²) in [6, 6.07) is 5.33. The van der Waals surface area contributed by atoms with Crippen molar-refractivity contribution in [2.45, 2.75) is 53.1 Å². The summed E-state index contributed by atoms with van der Waals surface area (Å²) in [5.41, 5.74) is 2.90. The maximum Gasteiger partial charge on any atom is 0.318 e. The van der Waals surface area contributed by atoms with Gasteiger partial charge in [0.15, 0.2) is 0 Å². The minimum absolute atomic E-state index is 0.0333. The zero-order valence-corrected chi connectivity index (χ0v) is 14.9. The average molecular weight is 317 g/mol. The van der Waals surface area contributed by atoms with Gasteiger partial charge >= 0.3 is 6.03 Å². The van der Waals surface area contributed by atoms with Gasteiger partial charge in [0.05, 0.1) is 0 Å². The molecule has 0 saturated carbocycles. The standard InChI is InChI=1S/C18H27N3O2/c1-12-8-7-9-15(13(12)2)21-11-10-20(14(3)16(21)22)17(23)19-18(4,5)6/h7-9,14H,10-11H2,1-6H3,(H,19,23)/t14-/m1/s1. The van der Waals surface area contributed by atoms with Gasteiger partial charge in [-0.25, -0.2) is 4.79 Å². The van der Waals surface area contributed by atoms with Crippen LogP contribution in [0.5, 0.6) is 0 Å². The summed E-state index contributed by atoms with van der Waals surface area (Å²) < 4.78 is 0. The lowest BCUT2D eigenvalue weighted by atomic mass is 10.0. The molecule has 126 valence electrons. The Morgan fingerprint density at radius 1 is 1.22 bits per heavy atom. The predicted octanol–water partition coefficient (Wildman–Crippen LogP) is 2.85. The molecule has 1 aromatic carbocycles. The second-order valence-corrected chi connectivity index (χ2v) is 7.26. The number of amides is 3. The van der Waals surface area contributed by atoms with Crippen molar-refractivity contribution < 1.29 is 9.59 Å². The van der Waals surface area contributed by atoms with Crippen molar-refractivity contribution in [3.05, 3.63) is 29.3 Å². The molecular formula is C18H27N3O2. The fourth-order valence-electron chi connectivity index (χ4n) is 2.81. The Hall–Kier alpha value is -2.04. The molecule has 0 aromatic heterocycles. The van der Waals surface area contributed by atoms with E-state index in [0.29, 0.717) is 13.1 Å². The summed E-state index contributed by atoms with van der Waals surface area (Å²) in [7, 11) is 0. The Labute approximate surface area is 138 Å². The van der Waals surface area contributed by atoms with Crippen LogP contribution in [0.2, 0.25) is 0 Å². The summed E-state index contributed by atoms with van der Waals surface area (Å²) in [5, 5.41) is 2.93. The van der Waals surface area contributed by atoms with Gasteiger partial charge in [-0.2, -0.15) is 0 Å². The van der Waals surface area contributed by atoms with E-state index < -0.39 is 6.04 Å². The highest BCUT2D eigenvalue weighted by Gasteiger charge is 2.36. The first-order chi connectivity index (χ1) is 10.6. The quantitative estimate of drug-likeness (QED) is 0.866. The van der Waals surface area contributed by atoms with E-state index in [1.54, 1.807) is 16.7 Å². The molecule has 1 aliphatic rings. The topological polar surface area (TPSA) is 52.6 Å². The number of anilines is 1. The second-order valence-electron chi connectivity index (χ2n) is 7.26. The van der Waals surface area contributed by atoms with Crippen molar-refractivity contribution in [1.82, 2.24) is 10.2 Å². The summed E-state index contributed by atoms with van der Waals surface area (Å²) >= 11 is 0. The molecule has 1 N–H and O–H groups in total. The van der Waals surface area contributed by atoms with Crippen LogP contribution in [0.4, 0.5) is 10.5 Å². The number of hydrogen-bond acceptors (Lipinski definition) is 2. The first kappa shape index (κ1) is 17.3. The first-order valence-corrected chi connectivity index (χ1v) is 8.08. The third kappa shape index (κ3) is 3.66. The summed E-state index contributed by atoms with van der Waals surface area (Å²) in [6.07, 6.45) is 0. The second kappa shape index (κ2) is 6.22. The lowest BCUT2D eigenvalue weighted by Crippen LogP contribution is -2.61. The predicted molar refractivity (Wildman–Crippen MR) is 92.7 cm³/mol. The zero-order valence-electron chi connectivity index (χ0n) is 14.9. The smallest absolute Gasteiger partial charge is 0.318 e. The monoisotopic (exact) mass is 317 g/mol. The molecule has 5 heteroatoms. The van der Waals surface area contributed by atoms with Crippen LogP contribution in [0.3, 0.4) is 0 Å². The van der Waals surface area contributed by atoms with Crippen molar-refractivity contribution in [3.63, 3.8) is 0 Å². The molecule has 1 fully saturated rings. The molecule has 2 rings (SSSR count). The van der Waals surface area contributed by atoms with Crippen LogP contribution in [0, 0.1) is 13.8 Å². The van der Waals surface area contributed by atoms with Gasteiger partial charge in [0, 0.05) is 24.3 Å². The Morgan fingerprint density at radius 3 is 2.48 bits per heavy atom. The third-order valence-electron chi connectivity index (χ3n) is 4.27. The van der Waals surface area contributed by atoms with E-state index in [-0.39, 0.29) is 17.5 Å². The molecule has 1 heterocycles. The molecule has 5 nitrogen and oxygen atoms in total. The number of carbonyl (C=O) groups excluding carboxylic acids is 2. The number of carbonyl (C=O) groups is 2. The van der Waals surface area contributed by atoms with Crippen LogP contribution in [0.25, 0.3) is 0 Å². The number of benzene rings is 1. The largest absolute Gasteiger partial charge is 0.333 e. The lowest BCUT2D eigenvalue weighted by molar-refractivity contribution is -0.124. The molecule has 1 atom stereocenters. The number of nitrogens with zero attached hydrogens (tertiary/aromatic N) is 2. The number of piperazine rings is 1. The molecule has 0 radical (unpaired) electrons. The fourth-order valence-corrected chi connectivity index (χ4v) is 2.81. The van der Waals surface area contributed by atoms with Crippen molar-refractivity contribution in [3.8, 4) is 0 Å². The maximum atomic E-state index is 12.8. The minimum Gasteiger partial charge on any atom is -0.333 e. The highest BCUT2D eigenvalue weighted by Crippen LogP contribution is 2.26. The molecule has 1 aliphatic heterocycles. The van der Waals surface area contributed by atoms with E-state index in [4.69, 9.17) is 0 Å². The van der Waals surface area contributed by atoms with Gasteiger partial charge in [-0.05, 0) is 58.7 Å². The number of hydrogen-bond donors (Lipinski definition) is 1. The van der Waals surface area contributed by atoms with Gasteiger partial charge in [0.2, 0.25) is 5.91 Å². The molecular weight excluding hydrogens is 290 g/mol. The molecule has 0 unspecified atom stereocenters. The summed E-state index contributed by atoms with van der Waals surface area (Å²) in [6.45, 7) is 12.7. The summed E-state index contributed by atoms with van der Waals surface area (Å²) in [4.78, 5) is 28.6. The number of aryl methyl sites for hydroxylation is 1. The molecule has 23 heavy (non-hydrogen) atoms. The number of nitrogens with one attached hydrogen (secondary N) is 1. The average Bonchev–Trinajstić information content (AvgIpc) is 2.43. The van der Waals surface area contributed by atoms with Crippen molar-refractivity contribution in [1.29, 1.82) is 0 Å². The molecule has 3 amide bonds. The fraction of sp³-hybridized carbons (Fsp3) is 0.556. The molecule has 0 spiro atoms. The highest BCUT2D eigenvalue weighted by molar-refractivity contribution is 6.00. The Bertz CT molecular complexity index is 619. The van der Waals surface area contributed by atoms with E-state index >= 15 is 0 Å². The molecule has 1 saturated heterocycles.